The van der Waals surface area contributed by atoms with Crippen LogP contribution in [0.4, 0.5) is 0 Å². The second-order valence-corrected chi connectivity index (χ2v) is 19.2. The predicted octanol–water partition coefficient (Wildman–Crippen LogP) is 16.6. The van der Waals surface area contributed by atoms with Gasteiger partial charge in [0.25, 0.3) is 0 Å². The normalized spacial score (nSPS) is 12.9. The summed E-state index contributed by atoms with van der Waals surface area (Å²) in [7, 11) is 0. The molecule has 0 radical (unpaired) electrons. The number of rotatable bonds is 3. The number of fused-ring (bicyclic) bond motifs is 13. The molecular formula is C55H34Cl2N4S2. The summed E-state index contributed by atoms with van der Waals surface area (Å²) in [5.74, 6) is 0. The maximum Gasteiger partial charge on any atom is 0.224 e. The van der Waals surface area contributed by atoms with E-state index in [0.717, 1.165) is 48.5 Å². The van der Waals surface area contributed by atoms with Crippen LogP contribution in [0.5, 0.6) is 0 Å². The molecule has 8 aromatic carbocycles. The van der Waals surface area contributed by atoms with Gasteiger partial charge in [-0.3, -0.25) is 0 Å². The Morgan fingerprint density at radius 3 is 1.83 bits per heavy atom. The van der Waals surface area contributed by atoms with Crippen molar-refractivity contribution in [2.24, 2.45) is 0 Å². The Labute approximate surface area is 381 Å². The summed E-state index contributed by atoms with van der Waals surface area (Å²) in [6.45, 7) is 4.60. The van der Waals surface area contributed by atoms with Crippen molar-refractivity contribution in [3.63, 3.8) is 0 Å². The van der Waals surface area contributed by atoms with E-state index in [1.54, 1.807) is 22.7 Å². The predicted molar refractivity (Wildman–Crippen MR) is 269 cm³/mol. The van der Waals surface area contributed by atoms with E-state index < -0.39 is 0 Å². The van der Waals surface area contributed by atoms with Crippen LogP contribution in [-0.2, 0) is 5.41 Å². The molecule has 0 atom stereocenters. The molecule has 63 heavy (non-hydrogen) atoms. The molecule has 0 saturated carbocycles. The number of thiophene rings is 2. The van der Waals surface area contributed by atoms with Gasteiger partial charge in [-0.25, -0.2) is 19.9 Å². The maximum absolute atomic E-state index is 6.45. The number of benzene rings is 8. The van der Waals surface area contributed by atoms with Crippen LogP contribution in [0.25, 0.3) is 107 Å². The fraction of sp³-hybridized carbons (Fsp3) is 0.0545. The van der Waals surface area contributed by atoms with Crippen molar-refractivity contribution >= 4 is 108 Å². The quantitative estimate of drug-likeness (QED) is 0.166. The summed E-state index contributed by atoms with van der Waals surface area (Å²) in [4.78, 5) is 20.5. The molecule has 4 heterocycles. The van der Waals surface area contributed by atoms with E-state index in [9.17, 15) is 0 Å². The van der Waals surface area contributed by atoms with Gasteiger partial charge >= 0.3 is 0 Å². The SMILES string of the molecule is CC1(C)c2ccccc2-c2ccc(-c3nc(Cl)nc4sc5c6ccccc6ccc5c34)cc21.Clc1nc(-c2cccc(-c3ccccc3)c2)c2c(n1)sc1ccc3ccccc3c12. The Morgan fingerprint density at radius 2 is 1.02 bits per heavy atom. The molecule has 300 valence electrons. The molecule has 0 fully saturated rings. The molecule has 0 saturated heterocycles. The Morgan fingerprint density at radius 1 is 0.413 bits per heavy atom. The first-order chi connectivity index (χ1) is 30.8. The van der Waals surface area contributed by atoms with E-state index in [2.05, 4.69) is 188 Å². The van der Waals surface area contributed by atoms with Gasteiger partial charge in [0.2, 0.25) is 10.6 Å². The summed E-state index contributed by atoms with van der Waals surface area (Å²) in [5, 5.41) is 10.00. The van der Waals surface area contributed by atoms with Crippen molar-refractivity contribution in [3.8, 4) is 44.8 Å². The molecule has 4 aromatic heterocycles. The van der Waals surface area contributed by atoms with Gasteiger partial charge in [-0.1, -0.05) is 166 Å². The highest BCUT2D eigenvalue weighted by Gasteiger charge is 2.35. The lowest BCUT2D eigenvalue weighted by molar-refractivity contribution is 0.660. The average Bonchev–Trinajstić information content (AvgIpc) is 3.96. The lowest BCUT2D eigenvalue weighted by Gasteiger charge is -2.22. The minimum atomic E-state index is -0.0647. The first kappa shape index (κ1) is 38.2. The zero-order valence-corrected chi connectivity index (χ0v) is 37.2. The van der Waals surface area contributed by atoms with Gasteiger partial charge in [-0.05, 0) is 96.3 Å². The van der Waals surface area contributed by atoms with E-state index in [1.807, 2.05) is 6.07 Å². The Kier molecular flexibility index (Phi) is 8.96. The lowest BCUT2D eigenvalue weighted by Crippen LogP contribution is -2.14. The molecule has 1 aliphatic carbocycles. The smallest absolute Gasteiger partial charge is 0.217 e. The van der Waals surface area contributed by atoms with Crippen molar-refractivity contribution in [3.05, 3.63) is 192 Å². The molecule has 8 heteroatoms. The third kappa shape index (κ3) is 6.23. The van der Waals surface area contributed by atoms with Crippen molar-refractivity contribution in [2.45, 2.75) is 19.3 Å². The van der Waals surface area contributed by atoms with Gasteiger partial charge < -0.3 is 0 Å². The fourth-order valence-electron chi connectivity index (χ4n) is 9.54. The Balaban J connectivity index is 0.000000134. The van der Waals surface area contributed by atoms with E-state index in [4.69, 9.17) is 33.2 Å². The first-order valence-electron chi connectivity index (χ1n) is 20.8. The molecule has 0 spiro atoms. The van der Waals surface area contributed by atoms with Crippen molar-refractivity contribution < 1.29 is 0 Å². The van der Waals surface area contributed by atoms with E-state index in [-0.39, 0.29) is 16.0 Å². The van der Waals surface area contributed by atoms with Gasteiger partial charge in [0.15, 0.2) is 0 Å². The van der Waals surface area contributed by atoms with E-state index in [1.165, 1.54) is 69.5 Å². The summed E-state index contributed by atoms with van der Waals surface area (Å²) in [6, 6.07) is 60.0. The number of halogens is 2. The third-order valence-electron chi connectivity index (χ3n) is 12.5. The second-order valence-electron chi connectivity index (χ2n) is 16.4. The van der Waals surface area contributed by atoms with E-state index >= 15 is 0 Å². The van der Waals surface area contributed by atoms with Crippen LogP contribution in [0, 0.1) is 0 Å². The number of hydrogen-bond acceptors (Lipinski definition) is 6. The number of nitrogens with zero attached hydrogens (tertiary/aromatic N) is 4. The van der Waals surface area contributed by atoms with Crippen LogP contribution in [0.15, 0.2) is 170 Å². The molecule has 0 bridgehead atoms. The van der Waals surface area contributed by atoms with E-state index in [0.29, 0.717) is 0 Å². The first-order valence-corrected chi connectivity index (χ1v) is 23.1. The molecule has 0 aliphatic heterocycles. The van der Waals surface area contributed by atoms with Gasteiger partial charge in [-0.2, -0.15) is 0 Å². The standard InChI is InChI=1S/C29H19ClN2S.C26H15ClN2S/c1-29(2)22-10-6-5-9-19(22)20-13-12-17(15-23(20)29)25-24-21-14-11-16-7-3-4-8-18(16)26(21)33-27(24)32-28(30)31-25;27-26-28-24(19-11-6-10-18(15-19)16-7-2-1-3-8-16)23-22-20-12-5-4-9-17(20)13-14-21(22)30-25(23)29-26/h3-15H,1-2H3;1-15H. The number of hydrogen-bond donors (Lipinski definition) is 0. The third-order valence-corrected chi connectivity index (χ3v) is 15.0. The highest BCUT2D eigenvalue weighted by atomic mass is 35.5. The molecule has 0 amide bonds. The summed E-state index contributed by atoms with van der Waals surface area (Å²) < 4.78 is 2.43. The Bertz CT molecular complexity index is 3820. The van der Waals surface area contributed by atoms with Gasteiger partial charge in [0.05, 0.1) is 11.4 Å². The minimum Gasteiger partial charge on any atom is -0.217 e. The Hall–Kier alpha value is -6.54. The second kappa shape index (κ2) is 14.8. The minimum absolute atomic E-state index is 0.0647. The highest BCUT2D eigenvalue weighted by Crippen LogP contribution is 2.51. The lowest BCUT2D eigenvalue weighted by atomic mass is 9.82. The van der Waals surface area contributed by atoms with Crippen LogP contribution in [0.3, 0.4) is 0 Å². The summed E-state index contributed by atoms with van der Waals surface area (Å²) >= 11 is 16.2. The van der Waals surface area contributed by atoms with Crippen LogP contribution < -0.4 is 0 Å². The largest absolute Gasteiger partial charge is 0.224 e. The van der Waals surface area contributed by atoms with Crippen LogP contribution in [-0.4, -0.2) is 19.9 Å². The molecular weight excluding hydrogens is 852 g/mol. The van der Waals surface area contributed by atoms with Crippen molar-refractivity contribution in [1.29, 1.82) is 0 Å². The summed E-state index contributed by atoms with van der Waals surface area (Å²) in [6.07, 6.45) is 0. The molecule has 0 unspecified atom stereocenters. The van der Waals surface area contributed by atoms with Crippen molar-refractivity contribution in [2.75, 3.05) is 0 Å². The van der Waals surface area contributed by atoms with Crippen LogP contribution in [0.2, 0.25) is 10.6 Å². The maximum atomic E-state index is 6.45. The molecule has 13 rings (SSSR count). The monoisotopic (exact) mass is 884 g/mol. The van der Waals surface area contributed by atoms with Crippen molar-refractivity contribution in [1.82, 2.24) is 19.9 Å². The topological polar surface area (TPSA) is 51.6 Å². The van der Waals surface area contributed by atoms with Gasteiger partial charge in [0, 0.05) is 47.5 Å². The van der Waals surface area contributed by atoms with Gasteiger partial charge in [0.1, 0.15) is 9.66 Å². The zero-order valence-electron chi connectivity index (χ0n) is 34.0. The fourth-order valence-corrected chi connectivity index (χ4v) is 12.3. The summed E-state index contributed by atoms with van der Waals surface area (Å²) in [5.41, 5.74) is 11.5. The highest BCUT2D eigenvalue weighted by molar-refractivity contribution is 7.26. The van der Waals surface area contributed by atoms with Gasteiger partial charge in [-0.15, -0.1) is 22.7 Å². The van der Waals surface area contributed by atoms with Crippen LogP contribution >= 0.6 is 45.9 Å². The molecule has 12 aromatic rings. The average molecular weight is 886 g/mol. The van der Waals surface area contributed by atoms with Crippen LogP contribution in [0.1, 0.15) is 25.0 Å². The number of aromatic nitrogens is 4. The molecule has 0 N–H and O–H groups in total. The zero-order chi connectivity index (χ0) is 42.4. The molecule has 1 aliphatic rings. The molecule has 4 nitrogen and oxygen atoms in total.